The van der Waals surface area contributed by atoms with Crippen LogP contribution in [0.25, 0.3) is 84.2 Å². The fourth-order valence-corrected chi connectivity index (χ4v) is 9.87. The van der Waals surface area contributed by atoms with Crippen molar-refractivity contribution >= 4 is 113 Å². The van der Waals surface area contributed by atoms with Crippen LogP contribution in [0.5, 0.6) is 0 Å². The predicted octanol–water partition coefficient (Wildman–Crippen LogP) is 14.6. The lowest BCUT2D eigenvalue weighted by molar-refractivity contribution is 0.669. The molecule has 0 N–H and O–H groups in total. The fraction of sp³-hybridized carbons (Fsp3) is 0. The van der Waals surface area contributed by atoms with Gasteiger partial charge in [0.25, 0.3) is 0 Å². The van der Waals surface area contributed by atoms with E-state index in [0.717, 1.165) is 44.6 Å². The molecule has 4 heteroatoms. The van der Waals surface area contributed by atoms with Crippen LogP contribution in [0.1, 0.15) is 0 Å². The maximum absolute atomic E-state index is 6.41. The van der Waals surface area contributed by atoms with E-state index in [1.165, 1.54) is 56.7 Å². The molecule has 0 aliphatic rings. The van der Waals surface area contributed by atoms with Crippen molar-refractivity contribution in [2.75, 3.05) is 4.90 Å². The third-order valence-electron chi connectivity index (χ3n) is 10.0. The molecule has 0 bridgehead atoms. The molecular weight excluding hydrogens is 647 g/mol. The highest BCUT2D eigenvalue weighted by atomic mass is 32.1. The van der Waals surface area contributed by atoms with E-state index in [-0.39, 0.29) is 0 Å². The smallest absolute Gasteiger partial charge is 0.136 e. The van der Waals surface area contributed by atoms with Crippen LogP contribution < -0.4 is 4.90 Å². The summed E-state index contributed by atoms with van der Waals surface area (Å²) in [6, 6.07) is 59.6. The Labute approximate surface area is 295 Å². The molecule has 0 aliphatic carbocycles. The summed E-state index contributed by atoms with van der Waals surface area (Å²) in [6.45, 7) is 0. The summed E-state index contributed by atoms with van der Waals surface area (Å²) >= 11 is 3.71. The van der Waals surface area contributed by atoms with E-state index < -0.39 is 0 Å². The largest absolute Gasteiger partial charge is 0.456 e. The molecule has 0 amide bonds. The molecule has 3 heterocycles. The molecule has 0 radical (unpaired) electrons. The van der Waals surface area contributed by atoms with Gasteiger partial charge in [0.1, 0.15) is 11.2 Å². The first-order valence-electron chi connectivity index (χ1n) is 16.8. The zero-order valence-electron chi connectivity index (χ0n) is 26.8. The topological polar surface area (TPSA) is 16.4 Å². The molecule has 0 saturated heterocycles. The molecule has 0 fully saturated rings. The van der Waals surface area contributed by atoms with Crippen LogP contribution in [0.2, 0.25) is 0 Å². The lowest BCUT2D eigenvalue weighted by atomic mass is 9.98. The first kappa shape index (κ1) is 28.0. The molecular formula is C46H27NOS2. The number of nitrogens with zero attached hydrogens (tertiary/aromatic N) is 1. The SMILES string of the molecule is c1ccc2cc3c(cc2c1)oc1cccc(-c2ccc(N(c4ccc5sc6ccccc6c5c4)c4ccc5sc6ccccc6c5c4)cc2)c13. The molecule has 0 unspecified atom stereocenters. The second-order valence-corrected chi connectivity index (χ2v) is 15.1. The van der Waals surface area contributed by atoms with Crippen LogP contribution in [0.15, 0.2) is 168 Å². The fourth-order valence-electron chi connectivity index (χ4n) is 7.70. The summed E-state index contributed by atoms with van der Waals surface area (Å²) in [4.78, 5) is 2.40. The van der Waals surface area contributed by atoms with Crippen molar-refractivity contribution in [3.05, 3.63) is 164 Å². The third kappa shape index (κ3) is 4.26. The quantitative estimate of drug-likeness (QED) is 0.185. The minimum atomic E-state index is 0.908. The second kappa shape index (κ2) is 10.8. The first-order valence-corrected chi connectivity index (χ1v) is 18.5. The maximum atomic E-state index is 6.41. The number of rotatable bonds is 4. The van der Waals surface area contributed by atoms with E-state index in [1.807, 2.05) is 22.7 Å². The third-order valence-corrected chi connectivity index (χ3v) is 12.3. The maximum Gasteiger partial charge on any atom is 0.136 e. The summed E-state index contributed by atoms with van der Waals surface area (Å²) in [5, 5.41) is 9.89. The Hall–Kier alpha value is -5.94. The molecule has 11 rings (SSSR count). The molecule has 0 aliphatic heterocycles. The van der Waals surface area contributed by atoms with Gasteiger partial charge in [0.05, 0.1) is 0 Å². The van der Waals surface area contributed by atoms with Gasteiger partial charge in [0.2, 0.25) is 0 Å². The first-order chi connectivity index (χ1) is 24.7. The van der Waals surface area contributed by atoms with Crippen molar-refractivity contribution in [3.8, 4) is 11.1 Å². The Bertz CT molecular complexity index is 2990. The van der Waals surface area contributed by atoms with Crippen LogP contribution in [-0.2, 0) is 0 Å². The van der Waals surface area contributed by atoms with E-state index in [2.05, 4.69) is 169 Å². The van der Waals surface area contributed by atoms with Gasteiger partial charge in [-0.15, -0.1) is 22.7 Å². The Morgan fingerprint density at radius 2 is 0.940 bits per heavy atom. The van der Waals surface area contributed by atoms with Gasteiger partial charge in [-0.05, 0) is 101 Å². The highest BCUT2D eigenvalue weighted by Gasteiger charge is 2.18. The Morgan fingerprint density at radius 3 is 1.60 bits per heavy atom. The van der Waals surface area contributed by atoms with Gasteiger partial charge in [-0.2, -0.15) is 0 Å². The molecule has 8 aromatic carbocycles. The molecule has 11 aromatic rings. The molecule has 0 atom stereocenters. The summed E-state index contributed by atoms with van der Waals surface area (Å²) in [6.07, 6.45) is 0. The van der Waals surface area contributed by atoms with Crippen molar-refractivity contribution in [2.45, 2.75) is 0 Å². The summed E-state index contributed by atoms with van der Waals surface area (Å²) in [5.74, 6) is 0. The van der Waals surface area contributed by atoms with Crippen LogP contribution in [0.3, 0.4) is 0 Å². The average Bonchev–Trinajstić information content (AvgIpc) is 3.85. The van der Waals surface area contributed by atoms with Gasteiger partial charge < -0.3 is 9.32 Å². The van der Waals surface area contributed by atoms with Crippen LogP contribution in [0.4, 0.5) is 17.1 Å². The van der Waals surface area contributed by atoms with E-state index in [1.54, 1.807) is 0 Å². The Balaban J connectivity index is 1.09. The van der Waals surface area contributed by atoms with E-state index >= 15 is 0 Å². The van der Waals surface area contributed by atoms with Gasteiger partial charge in [0.15, 0.2) is 0 Å². The molecule has 50 heavy (non-hydrogen) atoms. The number of hydrogen-bond donors (Lipinski definition) is 0. The van der Waals surface area contributed by atoms with Gasteiger partial charge in [-0.1, -0.05) is 84.9 Å². The standard InChI is InChI=1S/C46H27NOS2/c1-2-9-30-25-41-39(24-29(30)8-1)46-34(12-7-13-40(46)48-41)28-16-18-31(19-17-28)47(32-20-22-44-37(26-32)35-10-3-5-14-42(35)49-44)33-21-23-45-38(27-33)36-11-4-6-15-43(36)50-45/h1-27H. The average molecular weight is 674 g/mol. The van der Waals surface area contributed by atoms with Crippen LogP contribution >= 0.6 is 22.7 Å². The van der Waals surface area contributed by atoms with Crippen molar-refractivity contribution in [3.63, 3.8) is 0 Å². The predicted molar refractivity (Wildman–Crippen MR) is 217 cm³/mol. The molecule has 3 aromatic heterocycles. The normalized spacial score (nSPS) is 12.0. The summed E-state index contributed by atoms with van der Waals surface area (Å²) in [5.41, 5.74) is 7.56. The molecule has 234 valence electrons. The van der Waals surface area contributed by atoms with Crippen molar-refractivity contribution < 1.29 is 4.42 Å². The van der Waals surface area contributed by atoms with Crippen LogP contribution in [0, 0.1) is 0 Å². The zero-order valence-corrected chi connectivity index (χ0v) is 28.4. The van der Waals surface area contributed by atoms with Gasteiger partial charge >= 0.3 is 0 Å². The van der Waals surface area contributed by atoms with E-state index in [0.29, 0.717) is 0 Å². The summed E-state index contributed by atoms with van der Waals surface area (Å²) < 4.78 is 11.6. The zero-order chi connectivity index (χ0) is 32.8. The van der Waals surface area contributed by atoms with Gasteiger partial charge in [-0.3, -0.25) is 0 Å². The number of hydrogen-bond acceptors (Lipinski definition) is 4. The molecule has 0 spiro atoms. The minimum Gasteiger partial charge on any atom is -0.456 e. The van der Waals surface area contributed by atoms with Crippen molar-refractivity contribution in [2.24, 2.45) is 0 Å². The van der Waals surface area contributed by atoms with Crippen molar-refractivity contribution in [1.29, 1.82) is 0 Å². The van der Waals surface area contributed by atoms with Gasteiger partial charge in [-0.25, -0.2) is 0 Å². The highest BCUT2D eigenvalue weighted by molar-refractivity contribution is 7.26. The van der Waals surface area contributed by atoms with Gasteiger partial charge in [0, 0.05) is 68.2 Å². The number of anilines is 3. The monoisotopic (exact) mass is 673 g/mol. The summed E-state index contributed by atoms with van der Waals surface area (Å²) in [7, 11) is 0. The molecule has 0 saturated carbocycles. The lowest BCUT2D eigenvalue weighted by Gasteiger charge is -2.26. The van der Waals surface area contributed by atoms with Crippen molar-refractivity contribution in [1.82, 2.24) is 0 Å². The molecule has 2 nitrogen and oxygen atoms in total. The number of thiophene rings is 2. The second-order valence-electron chi connectivity index (χ2n) is 12.9. The van der Waals surface area contributed by atoms with Crippen LogP contribution in [-0.4, -0.2) is 0 Å². The Morgan fingerprint density at radius 1 is 0.380 bits per heavy atom. The number of benzene rings is 8. The number of furan rings is 1. The van der Waals surface area contributed by atoms with E-state index in [9.17, 15) is 0 Å². The highest BCUT2D eigenvalue weighted by Crippen LogP contribution is 2.44. The minimum absolute atomic E-state index is 0.908. The lowest BCUT2D eigenvalue weighted by Crippen LogP contribution is -2.09. The Kier molecular flexibility index (Phi) is 6.03. The number of fused-ring (bicyclic) bond motifs is 10. The van der Waals surface area contributed by atoms with E-state index in [4.69, 9.17) is 4.42 Å².